The predicted molar refractivity (Wildman–Crippen MR) is 94.2 cm³/mol. The van der Waals surface area contributed by atoms with E-state index in [1.165, 1.54) is 0 Å². The smallest absolute Gasteiger partial charge is 0.258 e. The lowest BCUT2D eigenvalue weighted by atomic mass is 10.2. The second-order valence-electron chi connectivity index (χ2n) is 5.57. The van der Waals surface area contributed by atoms with Crippen LogP contribution < -0.4 is 5.32 Å². The van der Waals surface area contributed by atoms with Crippen LogP contribution in [-0.2, 0) is 11.2 Å². The van der Waals surface area contributed by atoms with Crippen LogP contribution in [0.3, 0.4) is 0 Å². The molecule has 0 radical (unpaired) electrons. The summed E-state index contributed by atoms with van der Waals surface area (Å²) in [5.41, 5.74) is 4.22. The first-order valence-corrected chi connectivity index (χ1v) is 8.32. The van der Waals surface area contributed by atoms with Crippen molar-refractivity contribution in [2.45, 2.75) is 13.3 Å². The van der Waals surface area contributed by atoms with Crippen LogP contribution in [0.4, 0.5) is 5.69 Å². The monoisotopic (exact) mass is 351 g/mol. The van der Waals surface area contributed by atoms with E-state index in [0.717, 1.165) is 39.6 Å². The molecule has 0 unspecified atom stereocenters. The molecule has 0 aliphatic carbocycles. The fourth-order valence-electron chi connectivity index (χ4n) is 2.34. The van der Waals surface area contributed by atoms with Gasteiger partial charge < -0.3 is 9.84 Å². The lowest BCUT2D eigenvalue weighted by molar-refractivity contribution is -0.115. The molecule has 0 bridgehead atoms. The van der Waals surface area contributed by atoms with Crippen LogP contribution in [0.25, 0.3) is 22.5 Å². The first-order chi connectivity index (χ1) is 12.2. The van der Waals surface area contributed by atoms with Crippen molar-refractivity contribution in [2.75, 3.05) is 5.32 Å². The lowest BCUT2D eigenvalue weighted by Crippen LogP contribution is -2.15. The molecule has 0 spiro atoms. The number of nitrogens with zero attached hydrogens (tertiary/aromatic N) is 4. The molecule has 0 aliphatic heterocycles. The van der Waals surface area contributed by atoms with E-state index in [0.29, 0.717) is 11.7 Å². The van der Waals surface area contributed by atoms with Crippen LogP contribution in [0, 0.1) is 6.92 Å². The molecule has 2 aromatic carbocycles. The number of carbonyl (C=O) groups is 1. The Morgan fingerprint density at radius 2 is 1.92 bits per heavy atom. The molecule has 0 aliphatic rings. The van der Waals surface area contributed by atoms with E-state index in [1.807, 2.05) is 49.4 Å². The van der Waals surface area contributed by atoms with Gasteiger partial charge in [0, 0.05) is 11.3 Å². The third-order valence-electron chi connectivity index (χ3n) is 3.62. The average molecular weight is 351 g/mol. The topological polar surface area (TPSA) is 93.8 Å². The van der Waals surface area contributed by atoms with Crippen molar-refractivity contribution in [2.24, 2.45) is 0 Å². The summed E-state index contributed by atoms with van der Waals surface area (Å²) in [6, 6.07) is 13.1. The second-order valence-corrected chi connectivity index (χ2v) is 6.10. The quantitative estimate of drug-likeness (QED) is 0.607. The third-order valence-corrected chi connectivity index (χ3v) is 4.18. The number of aromatic nitrogens is 4. The maximum Gasteiger partial charge on any atom is 0.258 e. The van der Waals surface area contributed by atoms with Crippen LogP contribution in [0.2, 0.25) is 0 Å². The number of nitrogens with one attached hydrogen (secondary N) is 1. The Kier molecular flexibility index (Phi) is 3.95. The van der Waals surface area contributed by atoms with Gasteiger partial charge in [-0.2, -0.15) is 13.7 Å². The normalized spacial score (nSPS) is 10.9. The summed E-state index contributed by atoms with van der Waals surface area (Å²) < 4.78 is 13.6. The van der Waals surface area contributed by atoms with Gasteiger partial charge in [-0.05, 0) is 37.3 Å². The molecule has 124 valence electrons. The zero-order chi connectivity index (χ0) is 17.2. The van der Waals surface area contributed by atoms with E-state index in [1.54, 1.807) is 0 Å². The summed E-state index contributed by atoms with van der Waals surface area (Å²) in [6.45, 7) is 1.99. The van der Waals surface area contributed by atoms with Crippen molar-refractivity contribution >= 4 is 34.4 Å². The van der Waals surface area contributed by atoms with Gasteiger partial charge in [-0.15, -0.1) is 0 Å². The molecular weight excluding hydrogens is 338 g/mol. The van der Waals surface area contributed by atoms with Crippen LogP contribution in [-0.4, -0.2) is 24.8 Å². The molecule has 0 saturated heterocycles. The van der Waals surface area contributed by atoms with Crippen molar-refractivity contribution in [1.29, 1.82) is 0 Å². The Hall–Kier alpha value is -3.13. The summed E-state index contributed by atoms with van der Waals surface area (Å²) in [6.07, 6.45) is 0.0396. The predicted octanol–water partition coefficient (Wildman–Crippen LogP) is 3.23. The maximum atomic E-state index is 12.1. The zero-order valence-electron chi connectivity index (χ0n) is 13.3. The molecule has 0 saturated carbocycles. The highest BCUT2D eigenvalue weighted by Gasteiger charge is 2.13. The highest BCUT2D eigenvalue weighted by Crippen LogP contribution is 2.22. The summed E-state index contributed by atoms with van der Waals surface area (Å²) in [5, 5.41) is 6.69. The minimum atomic E-state index is -0.199. The van der Waals surface area contributed by atoms with Crippen molar-refractivity contribution in [3.05, 3.63) is 53.9 Å². The third kappa shape index (κ3) is 3.38. The van der Waals surface area contributed by atoms with Gasteiger partial charge in [-0.1, -0.05) is 22.9 Å². The van der Waals surface area contributed by atoms with E-state index in [-0.39, 0.29) is 12.3 Å². The first kappa shape index (κ1) is 15.4. The number of aryl methyl sites for hydroxylation is 1. The Balaban J connectivity index is 1.47. The standard InChI is InChI=1S/C17H13N5O2S/c1-10-2-5-12(6-3-10)18-16(23)9-15-19-17(24-20-15)11-4-7-13-14(8-11)22-25-21-13/h2-8H,9H2,1H3,(H,18,23). The summed E-state index contributed by atoms with van der Waals surface area (Å²) >= 11 is 1.15. The average Bonchev–Trinajstić information content (AvgIpc) is 3.25. The number of fused-ring (bicyclic) bond motifs is 1. The fraction of sp³-hybridized carbons (Fsp3) is 0.118. The molecule has 7 nitrogen and oxygen atoms in total. The van der Waals surface area contributed by atoms with E-state index < -0.39 is 0 Å². The van der Waals surface area contributed by atoms with Crippen molar-refractivity contribution < 1.29 is 9.32 Å². The molecule has 4 aromatic rings. The molecule has 8 heteroatoms. The SMILES string of the molecule is Cc1ccc(NC(=O)Cc2noc(-c3ccc4nsnc4c3)n2)cc1. The van der Waals surface area contributed by atoms with E-state index in [2.05, 4.69) is 24.2 Å². The fourth-order valence-corrected chi connectivity index (χ4v) is 2.86. The minimum absolute atomic E-state index is 0.0396. The summed E-state index contributed by atoms with van der Waals surface area (Å²) in [5.74, 6) is 0.486. The highest BCUT2D eigenvalue weighted by atomic mass is 32.1. The number of hydrogen-bond donors (Lipinski definition) is 1. The zero-order valence-corrected chi connectivity index (χ0v) is 14.1. The lowest BCUT2D eigenvalue weighted by Gasteiger charge is -2.03. The molecule has 25 heavy (non-hydrogen) atoms. The molecule has 2 heterocycles. The molecule has 4 rings (SSSR count). The Morgan fingerprint density at radius 3 is 2.76 bits per heavy atom. The summed E-state index contributed by atoms with van der Waals surface area (Å²) in [4.78, 5) is 16.4. The minimum Gasteiger partial charge on any atom is -0.334 e. The second kappa shape index (κ2) is 6.40. The van der Waals surface area contributed by atoms with Gasteiger partial charge in [0.2, 0.25) is 5.91 Å². The maximum absolute atomic E-state index is 12.1. The van der Waals surface area contributed by atoms with Gasteiger partial charge in [0.05, 0.1) is 18.1 Å². The van der Waals surface area contributed by atoms with Crippen molar-refractivity contribution in [1.82, 2.24) is 18.9 Å². The first-order valence-electron chi connectivity index (χ1n) is 7.59. The van der Waals surface area contributed by atoms with Gasteiger partial charge in [0.15, 0.2) is 5.82 Å². The molecule has 1 amide bonds. The summed E-state index contributed by atoms with van der Waals surface area (Å²) in [7, 11) is 0. The van der Waals surface area contributed by atoms with Gasteiger partial charge in [0.1, 0.15) is 11.0 Å². The van der Waals surface area contributed by atoms with Gasteiger partial charge >= 0.3 is 0 Å². The Labute approximate surface area is 147 Å². The van der Waals surface area contributed by atoms with Gasteiger partial charge in [-0.3, -0.25) is 4.79 Å². The number of benzene rings is 2. The van der Waals surface area contributed by atoms with Crippen molar-refractivity contribution in [3.63, 3.8) is 0 Å². The molecular formula is C17H13N5O2S. The van der Waals surface area contributed by atoms with E-state index in [4.69, 9.17) is 4.52 Å². The van der Waals surface area contributed by atoms with Crippen molar-refractivity contribution in [3.8, 4) is 11.5 Å². The Morgan fingerprint density at radius 1 is 1.12 bits per heavy atom. The van der Waals surface area contributed by atoms with Crippen LogP contribution >= 0.6 is 11.7 Å². The largest absolute Gasteiger partial charge is 0.334 e. The molecule has 1 N–H and O–H groups in total. The van der Waals surface area contributed by atoms with Crippen LogP contribution in [0.5, 0.6) is 0 Å². The van der Waals surface area contributed by atoms with Crippen LogP contribution in [0.1, 0.15) is 11.4 Å². The number of carbonyl (C=O) groups excluding carboxylic acids is 1. The van der Waals surface area contributed by atoms with Gasteiger partial charge in [0.25, 0.3) is 5.89 Å². The number of hydrogen-bond acceptors (Lipinski definition) is 7. The Bertz CT molecular complexity index is 1040. The molecule has 2 aromatic heterocycles. The van der Waals surface area contributed by atoms with E-state index >= 15 is 0 Å². The number of amides is 1. The van der Waals surface area contributed by atoms with Gasteiger partial charge in [-0.25, -0.2) is 0 Å². The molecule has 0 atom stereocenters. The van der Waals surface area contributed by atoms with E-state index in [9.17, 15) is 4.79 Å². The van der Waals surface area contributed by atoms with Crippen LogP contribution in [0.15, 0.2) is 47.0 Å². The highest BCUT2D eigenvalue weighted by molar-refractivity contribution is 7.00. The molecule has 0 fully saturated rings. The number of rotatable bonds is 4. The number of anilines is 1.